The van der Waals surface area contributed by atoms with Gasteiger partial charge in [0.1, 0.15) is 4.90 Å². The molecule has 0 aliphatic carbocycles. The number of rotatable bonds is 3. The fraction of sp³-hybridized carbons (Fsp3) is 0.0769. The Labute approximate surface area is 135 Å². The lowest BCUT2D eigenvalue weighted by atomic mass is 10.3. The number of hydrogen-bond acceptors (Lipinski definition) is 3. The van der Waals surface area contributed by atoms with Gasteiger partial charge in [-0.2, -0.15) is 0 Å². The van der Waals surface area contributed by atoms with E-state index in [4.69, 9.17) is 0 Å². The molecule has 0 amide bonds. The topological polar surface area (TPSA) is 43.4 Å². The molecule has 0 aliphatic heterocycles. The van der Waals surface area contributed by atoms with Crippen molar-refractivity contribution < 1.29 is 35.1 Å². The van der Waals surface area contributed by atoms with E-state index < -0.39 is 53.2 Å². The summed E-state index contributed by atoms with van der Waals surface area (Å²) in [7, 11) is -3.94. The van der Waals surface area contributed by atoms with Crippen LogP contribution in [-0.4, -0.2) is 15.5 Å². The quantitative estimate of drug-likeness (QED) is 0.431. The van der Waals surface area contributed by atoms with E-state index >= 15 is 0 Å². The monoisotopic (exact) mass is 416 g/mol. The molecule has 124 valence electrons. The number of ether oxygens (including phenoxy) is 1. The van der Waals surface area contributed by atoms with Gasteiger partial charge in [0, 0.05) is 0 Å². The lowest BCUT2D eigenvalue weighted by Crippen LogP contribution is -2.12. The maximum absolute atomic E-state index is 13.8. The molecule has 0 saturated heterocycles. The van der Waals surface area contributed by atoms with E-state index in [9.17, 15) is 30.4 Å². The highest BCUT2D eigenvalue weighted by Crippen LogP contribution is 2.34. The first-order valence-corrected chi connectivity index (χ1v) is 8.00. The van der Waals surface area contributed by atoms with Crippen LogP contribution in [0.25, 0.3) is 0 Å². The van der Waals surface area contributed by atoms with E-state index in [0.29, 0.717) is 6.07 Å². The van der Waals surface area contributed by atoms with Crippen molar-refractivity contribution in [3.63, 3.8) is 0 Å². The second kappa shape index (κ2) is 6.08. The molecule has 0 saturated carbocycles. The SMILES string of the molecule is COc1ccc(S(=O)(=O)c2c(F)c(F)c(Br)c(F)c2F)cc1F. The van der Waals surface area contributed by atoms with Crippen molar-refractivity contribution in [2.45, 2.75) is 9.79 Å². The second-order valence-electron chi connectivity index (χ2n) is 4.20. The van der Waals surface area contributed by atoms with Gasteiger partial charge in [0.15, 0.2) is 34.8 Å². The Hall–Kier alpha value is -1.68. The van der Waals surface area contributed by atoms with E-state index in [2.05, 4.69) is 20.7 Å². The maximum atomic E-state index is 13.8. The molecule has 0 atom stereocenters. The highest BCUT2D eigenvalue weighted by Gasteiger charge is 2.34. The number of sulfone groups is 1. The minimum atomic E-state index is -5.06. The molecular formula is C13H6BrF5O3S. The van der Waals surface area contributed by atoms with Crippen molar-refractivity contribution >= 4 is 25.8 Å². The minimum Gasteiger partial charge on any atom is -0.494 e. The Bertz CT molecular complexity index is 870. The molecule has 2 aromatic rings. The van der Waals surface area contributed by atoms with Gasteiger partial charge >= 0.3 is 0 Å². The summed E-state index contributed by atoms with van der Waals surface area (Å²) in [5.74, 6) is -9.53. The third kappa shape index (κ3) is 2.80. The minimum absolute atomic E-state index is 0.321. The predicted molar refractivity (Wildman–Crippen MR) is 72.4 cm³/mol. The first-order chi connectivity index (χ1) is 10.6. The van der Waals surface area contributed by atoms with Crippen LogP contribution in [0.5, 0.6) is 5.75 Å². The number of hydrogen-bond donors (Lipinski definition) is 0. The number of methoxy groups -OCH3 is 1. The summed E-state index contributed by atoms with van der Waals surface area (Å²) >= 11 is 2.27. The largest absolute Gasteiger partial charge is 0.494 e. The van der Waals surface area contributed by atoms with Crippen LogP contribution in [-0.2, 0) is 9.84 Å². The maximum Gasteiger partial charge on any atom is 0.212 e. The van der Waals surface area contributed by atoms with Crippen LogP contribution in [0.2, 0.25) is 0 Å². The summed E-state index contributed by atoms with van der Waals surface area (Å²) in [6, 6.07) is 2.10. The summed E-state index contributed by atoms with van der Waals surface area (Å²) in [6.45, 7) is 0. The van der Waals surface area contributed by atoms with Crippen molar-refractivity contribution in [3.8, 4) is 5.75 Å². The highest BCUT2D eigenvalue weighted by atomic mass is 79.9. The third-order valence-electron chi connectivity index (χ3n) is 2.87. The average Bonchev–Trinajstić information content (AvgIpc) is 2.50. The predicted octanol–water partition coefficient (Wildman–Crippen LogP) is 3.99. The average molecular weight is 417 g/mol. The van der Waals surface area contributed by atoms with Gasteiger partial charge in [-0.1, -0.05) is 0 Å². The summed E-state index contributed by atoms with van der Waals surface area (Å²) in [6.07, 6.45) is 0. The Kier molecular flexibility index (Phi) is 4.67. The van der Waals surface area contributed by atoms with Crippen LogP contribution in [0.1, 0.15) is 0 Å². The Morgan fingerprint density at radius 2 is 1.48 bits per heavy atom. The summed E-state index contributed by atoms with van der Waals surface area (Å²) in [4.78, 5) is -2.74. The molecule has 2 aromatic carbocycles. The Morgan fingerprint density at radius 3 is 1.91 bits per heavy atom. The molecule has 0 spiro atoms. The first kappa shape index (κ1) is 17.7. The summed E-state index contributed by atoms with van der Waals surface area (Å²) in [5.41, 5.74) is 0. The van der Waals surface area contributed by atoms with Gasteiger partial charge in [-0.3, -0.25) is 0 Å². The van der Waals surface area contributed by atoms with Gasteiger partial charge in [0.05, 0.1) is 16.5 Å². The van der Waals surface area contributed by atoms with E-state index in [1.165, 1.54) is 0 Å². The van der Waals surface area contributed by atoms with Gasteiger partial charge in [0.25, 0.3) is 0 Å². The van der Waals surface area contributed by atoms with Gasteiger partial charge in [-0.05, 0) is 34.1 Å². The zero-order valence-electron chi connectivity index (χ0n) is 11.1. The standard InChI is InChI=1S/C13H6BrF5O3S/c1-22-7-3-2-5(4-6(7)15)23(20,21)13-11(18)9(16)8(14)10(17)12(13)19/h2-4H,1H3. The summed E-state index contributed by atoms with van der Waals surface area (Å²) in [5, 5.41) is 0. The molecule has 0 unspecified atom stereocenters. The molecule has 0 fully saturated rings. The zero-order valence-corrected chi connectivity index (χ0v) is 13.5. The van der Waals surface area contributed by atoms with E-state index in [-0.39, 0.29) is 5.75 Å². The van der Waals surface area contributed by atoms with Crippen LogP contribution in [0, 0.1) is 29.1 Å². The molecule has 10 heteroatoms. The lowest BCUT2D eigenvalue weighted by molar-refractivity contribution is 0.385. The first-order valence-electron chi connectivity index (χ1n) is 5.73. The lowest BCUT2D eigenvalue weighted by Gasteiger charge is -2.11. The van der Waals surface area contributed by atoms with E-state index in [1.807, 2.05) is 0 Å². The molecular weight excluding hydrogens is 411 g/mol. The fourth-order valence-corrected chi connectivity index (χ4v) is 3.49. The molecule has 0 aliphatic rings. The summed E-state index contributed by atoms with van der Waals surface area (Å²) < 4.78 is 96.0. The van der Waals surface area contributed by atoms with Gasteiger partial charge in [-0.15, -0.1) is 0 Å². The molecule has 0 bridgehead atoms. The van der Waals surface area contributed by atoms with Crippen molar-refractivity contribution in [3.05, 3.63) is 51.8 Å². The number of halogens is 6. The molecule has 3 nitrogen and oxygen atoms in total. The zero-order chi connectivity index (χ0) is 17.5. The molecule has 2 rings (SSSR count). The van der Waals surface area contributed by atoms with Gasteiger partial charge in [0.2, 0.25) is 9.84 Å². The van der Waals surface area contributed by atoms with Crippen LogP contribution >= 0.6 is 15.9 Å². The van der Waals surface area contributed by atoms with E-state index in [1.54, 1.807) is 0 Å². The molecule has 0 aromatic heterocycles. The smallest absolute Gasteiger partial charge is 0.212 e. The molecule has 0 radical (unpaired) electrons. The normalized spacial score (nSPS) is 11.6. The third-order valence-corrected chi connectivity index (χ3v) is 5.34. The van der Waals surface area contributed by atoms with Crippen molar-refractivity contribution in [1.82, 2.24) is 0 Å². The molecule has 23 heavy (non-hydrogen) atoms. The van der Waals surface area contributed by atoms with Gasteiger partial charge in [-0.25, -0.2) is 30.4 Å². The van der Waals surface area contributed by atoms with Crippen molar-refractivity contribution in [2.24, 2.45) is 0 Å². The van der Waals surface area contributed by atoms with Crippen LogP contribution < -0.4 is 4.74 Å². The number of benzene rings is 2. The van der Waals surface area contributed by atoms with E-state index in [0.717, 1.165) is 19.2 Å². The second-order valence-corrected chi connectivity index (χ2v) is 6.88. The Morgan fingerprint density at radius 1 is 0.957 bits per heavy atom. The van der Waals surface area contributed by atoms with Crippen LogP contribution in [0.4, 0.5) is 22.0 Å². The van der Waals surface area contributed by atoms with Crippen molar-refractivity contribution in [1.29, 1.82) is 0 Å². The van der Waals surface area contributed by atoms with Crippen LogP contribution in [0.3, 0.4) is 0 Å². The molecule has 0 N–H and O–H groups in total. The Balaban J connectivity index is 2.78. The van der Waals surface area contributed by atoms with Crippen LogP contribution in [0.15, 0.2) is 32.5 Å². The fourth-order valence-electron chi connectivity index (χ4n) is 1.75. The van der Waals surface area contributed by atoms with Crippen molar-refractivity contribution in [2.75, 3.05) is 7.11 Å². The van der Waals surface area contributed by atoms with Gasteiger partial charge < -0.3 is 4.74 Å². The molecule has 0 heterocycles. The highest BCUT2D eigenvalue weighted by molar-refractivity contribution is 9.10.